The average Bonchev–Trinajstić information content (AvgIpc) is 3.13. The van der Waals surface area contributed by atoms with E-state index in [1.807, 2.05) is 116 Å². The van der Waals surface area contributed by atoms with E-state index in [2.05, 4.69) is 26.6 Å². The Balaban J connectivity index is 2.21. The van der Waals surface area contributed by atoms with Crippen molar-refractivity contribution in [3.05, 3.63) is 71.8 Å². The molecule has 0 bridgehead atoms. The molecule has 6 atom stereocenters. The van der Waals surface area contributed by atoms with Gasteiger partial charge in [-0.25, -0.2) is 0 Å². The molecule has 2 rings (SSSR count). The third kappa shape index (κ3) is 16.1. The quantitative estimate of drug-likeness (QED) is 0.0977. The summed E-state index contributed by atoms with van der Waals surface area (Å²) in [6.45, 7) is 15.5. The number of nitrogens with one attached hydrogen (secondary N) is 5. The highest BCUT2D eigenvalue weighted by atomic mass is 16.2. The molecule has 0 saturated carbocycles. The van der Waals surface area contributed by atoms with E-state index in [9.17, 15) is 24.0 Å². The van der Waals surface area contributed by atoms with E-state index in [1.165, 1.54) is 0 Å². The fraction of sp³-hybridized carbons (Fsp3) is 0.595. The van der Waals surface area contributed by atoms with Crippen LogP contribution < -0.4 is 32.3 Å². The number of amides is 5. The van der Waals surface area contributed by atoms with E-state index in [-0.39, 0.29) is 54.4 Å². The van der Waals surface area contributed by atoms with Gasteiger partial charge in [0.1, 0.15) is 18.1 Å². The Morgan fingerprint density at radius 1 is 0.623 bits per heavy atom. The van der Waals surface area contributed by atoms with Crippen molar-refractivity contribution < 1.29 is 24.0 Å². The lowest BCUT2D eigenvalue weighted by atomic mass is 9.94. The second kappa shape index (κ2) is 23.4. The van der Waals surface area contributed by atoms with Crippen LogP contribution >= 0.6 is 0 Å². The molecule has 0 spiro atoms. The van der Waals surface area contributed by atoms with Crippen molar-refractivity contribution >= 4 is 29.5 Å². The molecule has 5 amide bonds. The van der Waals surface area contributed by atoms with Gasteiger partial charge in [-0.15, -0.1) is 0 Å². The smallest absolute Gasteiger partial charge is 0.243 e. The molecule has 53 heavy (non-hydrogen) atoms. The molecular weight excluding hydrogens is 668 g/mol. The van der Waals surface area contributed by atoms with Crippen molar-refractivity contribution in [2.75, 3.05) is 0 Å². The summed E-state index contributed by atoms with van der Waals surface area (Å²) >= 11 is 0. The highest BCUT2D eigenvalue weighted by Gasteiger charge is 2.33. The molecule has 7 N–H and O–H groups in total. The van der Waals surface area contributed by atoms with Crippen LogP contribution in [0.4, 0.5) is 0 Å². The fourth-order valence-electron chi connectivity index (χ4n) is 6.19. The van der Waals surface area contributed by atoms with E-state index in [0.717, 1.165) is 24.0 Å². The maximum Gasteiger partial charge on any atom is 0.243 e. The summed E-state index contributed by atoms with van der Waals surface area (Å²) in [6.07, 6.45) is 3.66. The standard InChI is InChI=1S/C42H66N6O5/c1-9-29(8)39(42(53)44-32(10-2)11-3)47-37(50)26-33(43)34(25-31-20-16-13-17-21-31)46-41(52)38(28(6)7)48-40(51)35(24-27(4)5)45-36(49)23-22-30-18-14-12-15-19-30/h12-21,27-29,32-35,38-39H,9-11,22-26,43H2,1-8H3,(H,44,53)(H,45,49)(H,46,52)(H,47,50)(H,48,51)/t29-,33-,34-,35-,38?,39-/m0/s1. The summed E-state index contributed by atoms with van der Waals surface area (Å²) in [5.41, 5.74) is 8.64. The molecule has 2 aromatic carbocycles. The van der Waals surface area contributed by atoms with Crippen LogP contribution in [0.1, 0.15) is 105 Å². The third-order valence-electron chi connectivity index (χ3n) is 9.80. The summed E-state index contributed by atoms with van der Waals surface area (Å²) in [5, 5.41) is 14.8. The highest BCUT2D eigenvalue weighted by Crippen LogP contribution is 2.14. The number of rotatable bonds is 23. The van der Waals surface area contributed by atoms with Gasteiger partial charge in [-0.3, -0.25) is 24.0 Å². The van der Waals surface area contributed by atoms with Crippen molar-refractivity contribution in [1.29, 1.82) is 0 Å². The maximum absolute atomic E-state index is 14.0. The monoisotopic (exact) mass is 735 g/mol. The van der Waals surface area contributed by atoms with Gasteiger partial charge in [0, 0.05) is 31.0 Å². The van der Waals surface area contributed by atoms with Gasteiger partial charge < -0.3 is 32.3 Å². The minimum atomic E-state index is -0.929. The van der Waals surface area contributed by atoms with E-state index >= 15 is 0 Å². The number of carbonyl (C=O) groups excluding carboxylic acids is 5. The van der Waals surface area contributed by atoms with Gasteiger partial charge >= 0.3 is 0 Å². The van der Waals surface area contributed by atoms with Crippen LogP contribution in [0.15, 0.2) is 60.7 Å². The molecule has 0 heterocycles. The predicted octanol–water partition coefficient (Wildman–Crippen LogP) is 4.57. The first-order valence-electron chi connectivity index (χ1n) is 19.5. The van der Waals surface area contributed by atoms with E-state index in [0.29, 0.717) is 25.7 Å². The molecule has 2 aromatic rings. The lowest BCUT2D eigenvalue weighted by Crippen LogP contribution is -2.59. The van der Waals surface area contributed by atoms with Crippen molar-refractivity contribution in [3.63, 3.8) is 0 Å². The number of nitrogens with two attached hydrogens (primary N) is 1. The third-order valence-corrected chi connectivity index (χ3v) is 9.80. The maximum atomic E-state index is 14.0. The van der Waals surface area contributed by atoms with Crippen molar-refractivity contribution in [2.45, 2.75) is 143 Å². The first-order valence-corrected chi connectivity index (χ1v) is 19.5. The molecule has 0 saturated heterocycles. The second-order valence-corrected chi connectivity index (χ2v) is 15.1. The van der Waals surface area contributed by atoms with Crippen LogP contribution in [0.2, 0.25) is 0 Å². The van der Waals surface area contributed by atoms with Crippen molar-refractivity contribution in [1.82, 2.24) is 26.6 Å². The molecule has 0 aliphatic heterocycles. The first-order chi connectivity index (χ1) is 25.2. The van der Waals surface area contributed by atoms with Crippen LogP contribution in [0, 0.1) is 17.8 Å². The Morgan fingerprint density at radius 3 is 1.72 bits per heavy atom. The van der Waals surface area contributed by atoms with Crippen molar-refractivity contribution in [2.24, 2.45) is 23.5 Å². The lowest BCUT2D eigenvalue weighted by Gasteiger charge is -2.31. The summed E-state index contributed by atoms with van der Waals surface area (Å²) < 4.78 is 0. The number of benzene rings is 2. The van der Waals surface area contributed by atoms with E-state index in [1.54, 1.807) is 0 Å². The molecule has 1 unspecified atom stereocenters. The Hall–Kier alpha value is -4.25. The SMILES string of the molecule is CCC(CC)NC(=O)[C@@H](NC(=O)C[C@H](N)[C@H](Cc1ccccc1)NC(=O)C(NC(=O)[C@H](CC(C)C)NC(=O)CCc1ccccc1)C(C)C)[C@@H](C)CC. The van der Waals surface area contributed by atoms with Gasteiger partial charge in [0.2, 0.25) is 29.5 Å². The highest BCUT2D eigenvalue weighted by molar-refractivity contribution is 5.92. The number of aryl methyl sites for hydroxylation is 1. The molecule has 11 heteroatoms. The predicted molar refractivity (Wildman–Crippen MR) is 211 cm³/mol. The van der Waals surface area contributed by atoms with Crippen LogP contribution in [-0.4, -0.2) is 65.8 Å². The minimum Gasteiger partial charge on any atom is -0.352 e. The van der Waals surface area contributed by atoms with Gasteiger partial charge in [-0.1, -0.05) is 122 Å². The van der Waals surface area contributed by atoms with Gasteiger partial charge in [0.05, 0.1) is 0 Å². The summed E-state index contributed by atoms with van der Waals surface area (Å²) in [5.74, 6) is -2.02. The molecule has 294 valence electrons. The molecule has 0 radical (unpaired) electrons. The van der Waals surface area contributed by atoms with Crippen LogP contribution in [0.3, 0.4) is 0 Å². The largest absolute Gasteiger partial charge is 0.352 e. The zero-order chi connectivity index (χ0) is 39.5. The molecule has 0 aliphatic carbocycles. The molecule has 0 fully saturated rings. The number of hydrogen-bond acceptors (Lipinski definition) is 6. The number of hydrogen-bond donors (Lipinski definition) is 6. The molecule has 11 nitrogen and oxygen atoms in total. The topological polar surface area (TPSA) is 172 Å². The van der Waals surface area contributed by atoms with Crippen molar-refractivity contribution in [3.8, 4) is 0 Å². The molecule has 0 aromatic heterocycles. The minimum absolute atomic E-state index is 0.0182. The first kappa shape index (κ1) is 44.9. The van der Waals surface area contributed by atoms with Crippen LogP contribution in [0.5, 0.6) is 0 Å². The van der Waals surface area contributed by atoms with E-state index < -0.39 is 42.0 Å². The Morgan fingerprint density at radius 2 is 1.19 bits per heavy atom. The lowest BCUT2D eigenvalue weighted by molar-refractivity contribution is -0.133. The van der Waals surface area contributed by atoms with Crippen LogP contribution in [-0.2, 0) is 36.8 Å². The summed E-state index contributed by atoms with van der Waals surface area (Å²) in [4.78, 5) is 67.3. The Kier molecular flexibility index (Phi) is 19.8. The zero-order valence-corrected chi connectivity index (χ0v) is 33.2. The second-order valence-electron chi connectivity index (χ2n) is 15.1. The number of carbonyl (C=O) groups is 5. The average molecular weight is 735 g/mol. The zero-order valence-electron chi connectivity index (χ0n) is 33.2. The fourth-order valence-corrected chi connectivity index (χ4v) is 6.19. The summed E-state index contributed by atoms with van der Waals surface area (Å²) in [6, 6.07) is 15.3. The van der Waals surface area contributed by atoms with Gasteiger partial charge in [-0.2, -0.15) is 0 Å². The summed E-state index contributed by atoms with van der Waals surface area (Å²) in [7, 11) is 0. The van der Waals surface area contributed by atoms with Crippen LogP contribution in [0.25, 0.3) is 0 Å². The van der Waals surface area contributed by atoms with Gasteiger partial charge in [-0.05, 0) is 61.0 Å². The molecule has 0 aliphatic rings. The normalized spacial score (nSPS) is 14.8. The van der Waals surface area contributed by atoms with E-state index in [4.69, 9.17) is 5.73 Å². The Labute approximate surface area is 317 Å². The Bertz CT molecular complexity index is 1420. The molecular formula is C42H66N6O5. The van der Waals surface area contributed by atoms with Gasteiger partial charge in [0.25, 0.3) is 0 Å². The van der Waals surface area contributed by atoms with Gasteiger partial charge in [0.15, 0.2) is 0 Å².